The minimum Gasteiger partial charge on any atom is -0.337 e. The van der Waals surface area contributed by atoms with E-state index < -0.39 is 0 Å². The number of aromatic nitrogens is 3. The van der Waals surface area contributed by atoms with Crippen molar-refractivity contribution in [3.05, 3.63) is 84.0 Å². The van der Waals surface area contributed by atoms with Crippen LogP contribution in [0.25, 0.3) is 44.5 Å². The molecule has 0 aliphatic heterocycles. The maximum Gasteiger partial charge on any atom is 0.178 e. The van der Waals surface area contributed by atoms with Crippen molar-refractivity contribution in [1.29, 1.82) is 0 Å². The molecule has 0 spiro atoms. The third kappa shape index (κ3) is 2.54. The van der Waals surface area contributed by atoms with E-state index in [0.717, 1.165) is 28.0 Å². The first-order valence-corrected chi connectivity index (χ1v) is 8.75. The third-order valence-electron chi connectivity index (χ3n) is 4.54. The van der Waals surface area contributed by atoms with Gasteiger partial charge in [-0.15, -0.1) is 0 Å². The van der Waals surface area contributed by atoms with Crippen molar-refractivity contribution in [2.45, 2.75) is 0 Å². The van der Waals surface area contributed by atoms with Gasteiger partial charge in [-0.25, -0.2) is 9.97 Å². The number of pyridine rings is 1. The van der Waals surface area contributed by atoms with E-state index >= 15 is 0 Å². The molecular formula is C22H14ClN3. The first kappa shape index (κ1) is 15.1. The third-order valence-corrected chi connectivity index (χ3v) is 4.77. The standard InChI is InChI=1S/C22H14ClN3/c23-17-8-3-7-15(11-17)21-25-20-12-16(13-24-22(20)26-21)19-10-4-6-14-5-1-2-9-18(14)19/h1-13H,(H,24,25,26). The second-order valence-electron chi connectivity index (χ2n) is 6.22. The van der Waals surface area contributed by atoms with Gasteiger partial charge in [0.2, 0.25) is 0 Å². The van der Waals surface area contributed by atoms with Gasteiger partial charge in [-0.1, -0.05) is 66.2 Å². The number of rotatable bonds is 2. The van der Waals surface area contributed by atoms with E-state index in [0.29, 0.717) is 10.7 Å². The molecule has 0 aliphatic rings. The summed E-state index contributed by atoms with van der Waals surface area (Å²) in [6, 6.07) is 24.4. The normalized spacial score (nSPS) is 11.3. The number of nitrogens with one attached hydrogen (secondary N) is 1. The van der Waals surface area contributed by atoms with Crippen LogP contribution in [0.5, 0.6) is 0 Å². The summed E-state index contributed by atoms with van der Waals surface area (Å²) >= 11 is 6.10. The van der Waals surface area contributed by atoms with E-state index in [2.05, 4.69) is 63.5 Å². The van der Waals surface area contributed by atoms with E-state index in [9.17, 15) is 0 Å². The van der Waals surface area contributed by atoms with Crippen molar-refractivity contribution >= 4 is 33.5 Å². The summed E-state index contributed by atoms with van der Waals surface area (Å²) < 4.78 is 0. The maximum absolute atomic E-state index is 6.10. The highest BCUT2D eigenvalue weighted by Gasteiger charge is 2.10. The summed E-state index contributed by atoms with van der Waals surface area (Å²) in [5.74, 6) is 0.769. The quantitative estimate of drug-likeness (QED) is 0.415. The molecule has 26 heavy (non-hydrogen) atoms. The van der Waals surface area contributed by atoms with Gasteiger partial charge >= 0.3 is 0 Å². The zero-order chi connectivity index (χ0) is 17.5. The first-order chi connectivity index (χ1) is 12.8. The minimum absolute atomic E-state index is 0.687. The van der Waals surface area contributed by atoms with Crippen LogP contribution in [0.3, 0.4) is 0 Å². The second kappa shape index (κ2) is 5.97. The Labute approximate surface area is 155 Å². The van der Waals surface area contributed by atoms with Gasteiger partial charge in [0.25, 0.3) is 0 Å². The molecule has 5 aromatic rings. The number of aromatic amines is 1. The molecule has 0 saturated carbocycles. The SMILES string of the molecule is Clc1cccc(-c2nc3ncc(-c4cccc5ccccc45)cc3[nH]2)c1. The number of halogens is 1. The highest BCUT2D eigenvalue weighted by molar-refractivity contribution is 6.30. The van der Waals surface area contributed by atoms with Crippen LogP contribution in [0.2, 0.25) is 5.02 Å². The van der Waals surface area contributed by atoms with Crippen molar-refractivity contribution < 1.29 is 0 Å². The van der Waals surface area contributed by atoms with Gasteiger partial charge in [0.05, 0.1) is 5.52 Å². The van der Waals surface area contributed by atoms with Crippen LogP contribution < -0.4 is 0 Å². The van der Waals surface area contributed by atoms with E-state index in [4.69, 9.17) is 11.6 Å². The second-order valence-corrected chi connectivity index (χ2v) is 6.65. The Balaban J connectivity index is 1.66. The van der Waals surface area contributed by atoms with Crippen LogP contribution in [-0.2, 0) is 0 Å². The van der Waals surface area contributed by atoms with Gasteiger partial charge < -0.3 is 4.98 Å². The fourth-order valence-electron chi connectivity index (χ4n) is 3.30. The van der Waals surface area contributed by atoms with Gasteiger partial charge in [-0.05, 0) is 34.5 Å². The number of nitrogens with zero attached hydrogens (tertiary/aromatic N) is 2. The van der Waals surface area contributed by atoms with Gasteiger partial charge in [-0.2, -0.15) is 0 Å². The molecule has 0 radical (unpaired) electrons. The number of hydrogen-bond donors (Lipinski definition) is 1. The zero-order valence-electron chi connectivity index (χ0n) is 13.8. The summed E-state index contributed by atoms with van der Waals surface area (Å²) in [4.78, 5) is 12.5. The number of hydrogen-bond acceptors (Lipinski definition) is 2. The molecule has 5 rings (SSSR count). The first-order valence-electron chi connectivity index (χ1n) is 8.38. The average molecular weight is 356 g/mol. The van der Waals surface area contributed by atoms with Crippen LogP contribution in [0.15, 0.2) is 79.0 Å². The Morgan fingerprint density at radius 1 is 0.808 bits per heavy atom. The van der Waals surface area contributed by atoms with Crippen LogP contribution in [0, 0.1) is 0 Å². The van der Waals surface area contributed by atoms with Gasteiger partial charge in [0.1, 0.15) is 5.82 Å². The van der Waals surface area contributed by atoms with Gasteiger partial charge in [0.15, 0.2) is 5.65 Å². The van der Waals surface area contributed by atoms with Crippen LogP contribution in [0.4, 0.5) is 0 Å². The topological polar surface area (TPSA) is 41.6 Å². The monoisotopic (exact) mass is 355 g/mol. The Bertz CT molecular complexity index is 1250. The molecule has 0 saturated heterocycles. The predicted molar refractivity (Wildman–Crippen MR) is 107 cm³/mol. The smallest absolute Gasteiger partial charge is 0.178 e. The number of benzene rings is 3. The summed E-state index contributed by atoms with van der Waals surface area (Å²) in [6.07, 6.45) is 1.88. The fraction of sp³-hybridized carbons (Fsp3) is 0. The lowest BCUT2D eigenvalue weighted by atomic mass is 9.99. The molecule has 0 atom stereocenters. The molecule has 1 N–H and O–H groups in total. The minimum atomic E-state index is 0.687. The van der Waals surface area contributed by atoms with E-state index in [1.165, 1.54) is 10.8 Å². The van der Waals surface area contributed by atoms with Crippen LogP contribution >= 0.6 is 11.6 Å². The molecule has 2 heterocycles. The van der Waals surface area contributed by atoms with Crippen molar-refractivity contribution in [3.8, 4) is 22.5 Å². The molecule has 0 aliphatic carbocycles. The number of fused-ring (bicyclic) bond motifs is 2. The Morgan fingerprint density at radius 2 is 1.65 bits per heavy atom. The summed E-state index contributed by atoms with van der Waals surface area (Å²) in [5, 5.41) is 3.12. The molecule has 0 fully saturated rings. The molecular weight excluding hydrogens is 342 g/mol. The van der Waals surface area contributed by atoms with E-state index in [1.807, 2.05) is 30.5 Å². The maximum atomic E-state index is 6.10. The lowest BCUT2D eigenvalue weighted by Crippen LogP contribution is -1.84. The zero-order valence-corrected chi connectivity index (χ0v) is 14.5. The summed E-state index contributed by atoms with van der Waals surface area (Å²) in [7, 11) is 0. The summed E-state index contributed by atoms with van der Waals surface area (Å²) in [6.45, 7) is 0. The lowest BCUT2D eigenvalue weighted by molar-refractivity contribution is 1.30. The molecule has 2 aromatic heterocycles. The van der Waals surface area contributed by atoms with Crippen molar-refractivity contribution in [2.75, 3.05) is 0 Å². The van der Waals surface area contributed by atoms with Crippen LogP contribution in [-0.4, -0.2) is 15.0 Å². The van der Waals surface area contributed by atoms with Crippen molar-refractivity contribution in [3.63, 3.8) is 0 Å². The molecule has 3 nitrogen and oxygen atoms in total. The highest BCUT2D eigenvalue weighted by Crippen LogP contribution is 2.30. The molecule has 4 heteroatoms. The Hall–Kier alpha value is -3.17. The van der Waals surface area contributed by atoms with Gasteiger partial charge in [-0.3, -0.25) is 0 Å². The van der Waals surface area contributed by atoms with Crippen molar-refractivity contribution in [1.82, 2.24) is 15.0 Å². The van der Waals surface area contributed by atoms with Crippen molar-refractivity contribution in [2.24, 2.45) is 0 Å². The van der Waals surface area contributed by atoms with Crippen LogP contribution in [0.1, 0.15) is 0 Å². The van der Waals surface area contributed by atoms with E-state index in [1.54, 1.807) is 0 Å². The molecule has 0 bridgehead atoms. The largest absolute Gasteiger partial charge is 0.337 e. The summed E-state index contributed by atoms with van der Waals surface area (Å²) in [5.41, 5.74) is 4.78. The van der Waals surface area contributed by atoms with E-state index in [-0.39, 0.29) is 0 Å². The Morgan fingerprint density at radius 3 is 2.58 bits per heavy atom. The predicted octanol–water partition coefficient (Wildman–Crippen LogP) is 6.10. The Kier molecular flexibility index (Phi) is 3.47. The van der Waals surface area contributed by atoms with Gasteiger partial charge in [0, 0.05) is 22.3 Å². The fourth-order valence-corrected chi connectivity index (χ4v) is 3.49. The number of imidazole rings is 1. The molecule has 0 unspecified atom stereocenters. The molecule has 3 aromatic carbocycles. The lowest BCUT2D eigenvalue weighted by Gasteiger charge is -2.06. The highest BCUT2D eigenvalue weighted by atomic mass is 35.5. The average Bonchev–Trinajstić information content (AvgIpc) is 3.11. The number of H-pyrrole nitrogens is 1. The molecule has 124 valence electrons. The molecule has 0 amide bonds.